The van der Waals surface area contributed by atoms with E-state index in [-0.39, 0.29) is 0 Å². The van der Waals surface area contributed by atoms with Gasteiger partial charge in [0.15, 0.2) is 0 Å². The summed E-state index contributed by atoms with van der Waals surface area (Å²) in [7, 11) is 0. The highest BCUT2D eigenvalue weighted by atomic mass is 19.4. The molecule has 0 saturated heterocycles. The van der Waals surface area contributed by atoms with Crippen molar-refractivity contribution in [3.05, 3.63) is 0 Å². The SMILES string of the molecule is FC(F)(F)C(COCC(C(F)(F)F)(C(F)(F)F)C(F)(F)F)(C(F)(F)F)C(F)(F)F. The molecule has 0 spiro atoms. The molecule has 0 aliphatic rings. The second kappa shape index (κ2) is 7.14. The Morgan fingerprint density at radius 2 is 0.448 bits per heavy atom. The average Bonchev–Trinajstić information content (AvgIpc) is 2.27. The maximum Gasteiger partial charge on any atom is 0.414 e. The van der Waals surface area contributed by atoms with Gasteiger partial charge in [-0.15, -0.1) is 0 Å². The Hall–Kier alpha value is -1.30. The van der Waals surface area contributed by atoms with Crippen molar-refractivity contribution in [2.45, 2.75) is 37.1 Å². The fourth-order valence-corrected chi connectivity index (χ4v) is 1.81. The molecule has 0 atom stereocenters. The first-order valence-electron chi connectivity index (χ1n) is 6.19. The van der Waals surface area contributed by atoms with E-state index in [1.54, 1.807) is 0 Å². The van der Waals surface area contributed by atoms with E-state index in [0.717, 1.165) is 0 Å². The lowest BCUT2D eigenvalue weighted by Gasteiger charge is -2.41. The van der Waals surface area contributed by atoms with Gasteiger partial charge in [0.25, 0.3) is 10.8 Å². The molecule has 0 aromatic heterocycles. The summed E-state index contributed by atoms with van der Waals surface area (Å²) in [5, 5.41) is 0. The number of ether oxygens (including phenoxy) is 1. The zero-order valence-corrected chi connectivity index (χ0v) is 12.6. The van der Waals surface area contributed by atoms with Crippen molar-refractivity contribution < 1.29 is 83.8 Å². The van der Waals surface area contributed by atoms with Crippen LogP contribution in [-0.2, 0) is 4.74 Å². The Balaban J connectivity index is 6.44. The van der Waals surface area contributed by atoms with E-state index in [1.165, 1.54) is 0 Å². The van der Waals surface area contributed by atoms with E-state index in [0.29, 0.717) is 0 Å². The topological polar surface area (TPSA) is 9.23 Å². The maximum atomic E-state index is 12.5. The number of hydrogen-bond acceptors (Lipinski definition) is 1. The van der Waals surface area contributed by atoms with Crippen LogP contribution in [0.15, 0.2) is 0 Å². The molecule has 176 valence electrons. The summed E-state index contributed by atoms with van der Waals surface area (Å²) in [6.07, 6.45) is -44.8. The molecule has 0 aliphatic carbocycles. The van der Waals surface area contributed by atoms with Gasteiger partial charge in [0.2, 0.25) is 0 Å². The first-order valence-corrected chi connectivity index (χ1v) is 6.19. The lowest BCUT2D eigenvalue weighted by Crippen LogP contribution is -2.65. The molecule has 0 saturated carbocycles. The van der Waals surface area contributed by atoms with Crippen LogP contribution in [0.2, 0.25) is 0 Å². The lowest BCUT2D eigenvalue weighted by atomic mass is 9.84. The normalized spacial score (nSPS) is 16.3. The summed E-state index contributed by atoms with van der Waals surface area (Å²) in [6.45, 7) is -8.18. The second-order valence-electron chi connectivity index (χ2n) is 5.29. The van der Waals surface area contributed by atoms with E-state index >= 15 is 0 Å². The highest BCUT2D eigenvalue weighted by Crippen LogP contribution is 2.62. The quantitative estimate of drug-likeness (QED) is 0.425. The van der Waals surface area contributed by atoms with Gasteiger partial charge >= 0.3 is 37.1 Å². The molecule has 0 radical (unpaired) electrons. The van der Waals surface area contributed by atoms with E-state index < -0.39 is 61.1 Å². The summed E-state index contributed by atoms with van der Waals surface area (Å²) in [6, 6.07) is 0. The van der Waals surface area contributed by atoms with Gasteiger partial charge in [-0.1, -0.05) is 0 Å². The molecule has 0 amide bonds. The molecular formula is C10H4F18O. The predicted molar refractivity (Wildman–Crippen MR) is 52.0 cm³/mol. The number of rotatable bonds is 4. The van der Waals surface area contributed by atoms with Gasteiger partial charge in [0.1, 0.15) is 0 Å². The van der Waals surface area contributed by atoms with Crippen LogP contribution in [0, 0.1) is 10.8 Å². The van der Waals surface area contributed by atoms with Gasteiger partial charge in [-0.05, 0) is 0 Å². The van der Waals surface area contributed by atoms with Gasteiger partial charge in [-0.25, -0.2) is 0 Å². The van der Waals surface area contributed by atoms with E-state index in [2.05, 4.69) is 4.74 Å². The highest BCUT2D eigenvalue weighted by molar-refractivity contribution is 5.02. The second-order valence-corrected chi connectivity index (χ2v) is 5.29. The maximum absolute atomic E-state index is 12.5. The zero-order chi connectivity index (χ0) is 24.1. The third-order valence-corrected chi connectivity index (χ3v) is 3.54. The molecule has 0 N–H and O–H groups in total. The van der Waals surface area contributed by atoms with E-state index in [1.807, 2.05) is 0 Å². The monoisotopic (exact) mass is 482 g/mol. The largest absolute Gasteiger partial charge is 0.414 e. The van der Waals surface area contributed by atoms with Crippen molar-refractivity contribution in [1.82, 2.24) is 0 Å². The van der Waals surface area contributed by atoms with Crippen molar-refractivity contribution in [1.29, 1.82) is 0 Å². The zero-order valence-electron chi connectivity index (χ0n) is 12.6. The number of halogens is 18. The van der Waals surface area contributed by atoms with Crippen molar-refractivity contribution in [3.63, 3.8) is 0 Å². The highest BCUT2D eigenvalue weighted by Gasteiger charge is 2.86. The smallest absolute Gasteiger partial charge is 0.378 e. The van der Waals surface area contributed by atoms with Gasteiger partial charge < -0.3 is 4.74 Å². The van der Waals surface area contributed by atoms with Gasteiger partial charge in [-0.2, -0.15) is 79.0 Å². The van der Waals surface area contributed by atoms with Crippen molar-refractivity contribution in [2.75, 3.05) is 13.2 Å². The number of alkyl halides is 18. The molecule has 0 bridgehead atoms. The summed E-state index contributed by atoms with van der Waals surface area (Å²) in [5.74, 6) is 0. The van der Waals surface area contributed by atoms with Crippen LogP contribution in [0.1, 0.15) is 0 Å². The first kappa shape index (κ1) is 27.7. The minimum Gasteiger partial charge on any atom is -0.378 e. The Morgan fingerprint density at radius 3 is 0.552 bits per heavy atom. The van der Waals surface area contributed by atoms with Gasteiger partial charge in [-0.3, -0.25) is 0 Å². The minimum atomic E-state index is -7.47. The standard InChI is InChI=1S/C10H4F18O/c11-5(12,13)3(6(14,15)16,7(17,18)19)1-29-2-4(8(20,21)22,9(23,24)25)10(26,27)28/h1-2H2. The van der Waals surface area contributed by atoms with Crippen LogP contribution in [0.5, 0.6) is 0 Å². The molecule has 29 heavy (non-hydrogen) atoms. The Labute approximate surface area is 146 Å². The fourth-order valence-electron chi connectivity index (χ4n) is 1.81. The van der Waals surface area contributed by atoms with E-state index in [9.17, 15) is 79.0 Å². The Kier molecular flexibility index (Phi) is 6.82. The minimum absolute atomic E-state index is 2.60. The van der Waals surface area contributed by atoms with Crippen LogP contribution in [0.25, 0.3) is 0 Å². The lowest BCUT2D eigenvalue weighted by molar-refractivity contribution is -0.451. The summed E-state index contributed by atoms with van der Waals surface area (Å²) in [4.78, 5) is 0. The molecular weight excluding hydrogens is 478 g/mol. The predicted octanol–water partition coefficient (Wildman–Crippen LogP) is 6.35. The fraction of sp³-hybridized carbons (Fsp3) is 1.00. The number of hydrogen-bond donors (Lipinski definition) is 0. The average molecular weight is 482 g/mol. The van der Waals surface area contributed by atoms with Crippen LogP contribution in [0.4, 0.5) is 79.0 Å². The van der Waals surface area contributed by atoms with Gasteiger partial charge in [0.05, 0.1) is 13.2 Å². The molecule has 0 heterocycles. The van der Waals surface area contributed by atoms with Crippen LogP contribution in [-0.4, -0.2) is 50.3 Å². The molecule has 0 aliphatic heterocycles. The summed E-state index contributed by atoms with van der Waals surface area (Å²) >= 11 is 0. The molecule has 0 aromatic rings. The molecule has 0 aromatic carbocycles. The third kappa shape index (κ3) is 4.42. The van der Waals surface area contributed by atoms with Crippen molar-refractivity contribution in [3.8, 4) is 0 Å². The Bertz CT molecular complexity index is 428. The van der Waals surface area contributed by atoms with Crippen LogP contribution >= 0.6 is 0 Å². The molecule has 0 rings (SSSR count). The summed E-state index contributed by atoms with van der Waals surface area (Å²) < 4.78 is 228. The third-order valence-electron chi connectivity index (χ3n) is 3.54. The van der Waals surface area contributed by atoms with Crippen LogP contribution in [0.3, 0.4) is 0 Å². The van der Waals surface area contributed by atoms with Crippen LogP contribution < -0.4 is 0 Å². The molecule has 0 unspecified atom stereocenters. The first-order chi connectivity index (χ1) is 12.2. The van der Waals surface area contributed by atoms with Crippen molar-refractivity contribution >= 4 is 0 Å². The summed E-state index contributed by atoms with van der Waals surface area (Å²) in [5.41, 5.74) is -14.1. The Morgan fingerprint density at radius 1 is 0.310 bits per heavy atom. The molecule has 0 fully saturated rings. The molecule has 19 heteroatoms. The van der Waals surface area contributed by atoms with Gasteiger partial charge in [0, 0.05) is 0 Å². The van der Waals surface area contributed by atoms with Crippen molar-refractivity contribution in [2.24, 2.45) is 10.8 Å². The molecule has 1 nitrogen and oxygen atoms in total. The van der Waals surface area contributed by atoms with E-state index in [4.69, 9.17) is 0 Å².